The quantitative estimate of drug-likeness (QED) is 0.559. The first-order chi connectivity index (χ1) is 7.72. The maximum Gasteiger partial charge on any atom is 0.329 e. The van der Waals surface area contributed by atoms with Gasteiger partial charge in [0.25, 0.3) is 0 Å². The van der Waals surface area contributed by atoms with Crippen LogP contribution in [0.25, 0.3) is 0 Å². The van der Waals surface area contributed by atoms with E-state index in [2.05, 4.69) is 24.5 Å². The fourth-order valence-electron chi connectivity index (χ4n) is 0.0833. The van der Waals surface area contributed by atoms with Crippen molar-refractivity contribution in [2.45, 2.75) is 6.92 Å². The van der Waals surface area contributed by atoms with E-state index >= 15 is 0 Å². The van der Waals surface area contributed by atoms with Crippen LogP contribution in [0.3, 0.4) is 0 Å². The largest absolute Gasteiger partial charge is 0.478 e. The van der Waals surface area contributed by atoms with Crippen molar-refractivity contribution in [1.82, 2.24) is 0 Å². The first kappa shape index (κ1) is 20.1. The van der Waals surface area contributed by atoms with Gasteiger partial charge < -0.3 is 15.6 Å². The first-order valence-corrected chi connectivity index (χ1v) is 4.23. The van der Waals surface area contributed by atoms with Gasteiger partial charge in [-0.25, -0.2) is 9.59 Å². The van der Waals surface area contributed by atoms with E-state index in [1.165, 1.54) is 7.11 Å². The van der Waals surface area contributed by atoms with Crippen LogP contribution >= 0.6 is 0 Å². The van der Waals surface area contributed by atoms with Gasteiger partial charge >= 0.3 is 11.9 Å². The molecule has 0 heterocycles. The van der Waals surface area contributed by atoms with Crippen molar-refractivity contribution >= 4 is 17.8 Å². The highest BCUT2D eigenvalue weighted by atomic mass is 16.5. The molecule has 0 aromatic carbocycles. The minimum Gasteiger partial charge on any atom is -0.478 e. The third kappa shape index (κ3) is 31.7. The number of nitrogens with two attached hydrogens (primary N) is 1. The standard InChI is InChI=1S/C4H7NO.C4H6O2.C3H4O2/c1-3(2)4(5)6;1-3-4(5)6-2;1-2-3(4)5/h1H2,2H3,(H2,5,6);3H,1H2,2H3;2H,1H2,(H,4,5). The molecule has 0 fully saturated rings. The van der Waals surface area contributed by atoms with Gasteiger partial charge in [-0.2, -0.15) is 0 Å². The fraction of sp³-hybridized carbons (Fsp3) is 0.182. The van der Waals surface area contributed by atoms with Crippen LogP contribution in [0.4, 0.5) is 0 Å². The monoisotopic (exact) mass is 243 g/mol. The molecule has 0 rings (SSSR count). The molecule has 0 aromatic heterocycles. The Kier molecular flexibility index (Phi) is 16.1. The summed E-state index contributed by atoms with van der Waals surface area (Å²) in [7, 11) is 1.31. The maximum atomic E-state index is 9.84. The summed E-state index contributed by atoms with van der Waals surface area (Å²) in [5, 5.41) is 7.60. The summed E-state index contributed by atoms with van der Waals surface area (Å²) in [5.74, 6) is -1.81. The summed E-state index contributed by atoms with van der Waals surface area (Å²) in [5.41, 5.74) is 5.09. The number of hydrogen-bond acceptors (Lipinski definition) is 4. The van der Waals surface area contributed by atoms with Crippen molar-refractivity contribution in [2.24, 2.45) is 5.73 Å². The number of carbonyl (C=O) groups is 3. The van der Waals surface area contributed by atoms with Crippen LogP contribution in [0, 0.1) is 0 Å². The Morgan fingerprint density at radius 1 is 1.24 bits per heavy atom. The molecule has 17 heavy (non-hydrogen) atoms. The van der Waals surface area contributed by atoms with Crippen LogP contribution in [0.5, 0.6) is 0 Å². The van der Waals surface area contributed by atoms with Crippen LogP contribution < -0.4 is 5.73 Å². The molecule has 0 unspecified atom stereocenters. The summed E-state index contributed by atoms with van der Waals surface area (Å²) in [4.78, 5) is 28.9. The minimum absolute atomic E-state index is 0.394. The molecule has 0 bridgehead atoms. The zero-order chi connectivity index (χ0) is 14.4. The normalized spacial score (nSPS) is 6.94. The molecule has 0 saturated carbocycles. The van der Waals surface area contributed by atoms with E-state index in [9.17, 15) is 14.4 Å². The molecule has 96 valence electrons. The molecule has 3 N–H and O–H groups in total. The lowest BCUT2D eigenvalue weighted by Gasteiger charge is -1.83. The van der Waals surface area contributed by atoms with Gasteiger partial charge in [0, 0.05) is 17.7 Å². The Bertz CT molecular complexity index is 292. The van der Waals surface area contributed by atoms with Crippen molar-refractivity contribution in [1.29, 1.82) is 0 Å². The number of carboxylic acid groups (broad SMARTS) is 1. The van der Waals surface area contributed by atoms with Gasteiger partial charge in [-0.1, -0.05) is 19.7 Å². The molecule has 0 spiro atoms. The Labute approximate surface area is 100 Å². The van der Waals surface area contributed by atoms with Crippen LogP contribution in [-0.2, 0) is 19.1 Å². The average molecular weight is 243 g/mol. The second-order valence-electron chi connectivity index (χ2n) is 2.41. The van der Waals surface area contributed by atoms with Gasteiger partial charge in [0.05, 0.1) is 7.11 Å². The predicted molar refractivity (Wildman–Crippen MR) is 64.1 cm³/mol. The van der Waals surface area contributed by atoms with Crippen molar-refractivity contribution in [2.75, 3.05) is 7.11 Å². The Morgan fingerprint density at radius 3 is 1.53 bits per heavy atom. The third-order valence-corrected chi connectivity index (χ3v) is 0.963. The number of hydrogen-bond donors (Lipinski definition) is 2. The zero-order valence-corrected chi connectivity index (χ0v) is 9.93. The highest BCUT2D eigenvalue weighted by molar-refractivity contribution is 5.90. The summed E-state index contributed by atoms with van der Waals surface area (Å²) in [6, 6.07) is 0. The molecule has 0 saturated heterocycles. The lowest BCUT2D eigenvalue weighted by atomic mass is 10.3. The molecular formula is C11H17NO5. The van der Waals surface area contributed by atoms with Gasteiger partial charge in [0.2, 0.25) is 5.91 Å². The third-order valence-electron chi connectivity index (χ3n) is 0.963. The van der Waals surface area contributed by atoms with Crippen molar-refractivity contribution < 1.29 is 24.2 Å². The van der Waals surface area contributed by atoms with Crippen molar-refractivity contribution in [3.05, 3.63) is 37.5 Å². The lowest BCUT2D eigenvalue weighted by Crippen LogP contribution is -2.10. The van der Waals surface area contributed by atoms with Gasteiger partial charge in [0.15, 0.2) is 0 Å². The van der Waals surface area contributed by atoms with E-state index in [0.717, 1.165) is 12.2 Å². The summed E-state index contributed by atoms with van der Waals surface area (Å²) in [6.45, 7) is 11.0. The van der Waals surface area contributed by atoms with Crippen LogP contribution in [0.1, 0.15) is 6.92 Å². The number of primary amides is 1. The average Bonchev–Trinajstić information content (AvgIpc) is 2.29. The molecule has 1 amide bonds. The van der Waals surface area contributed by atoms with Gasteiger partial charge in [0.1, 0.15) is 0 Å². The van der Waals surface area contributed by atoms with E-state index < -0.39 is 17.8 Å². The number of ether oxygens (including phenoxy) is 1. The minimum atomic E-state index is -0.981. The molecule has 0 aromatic rings. The molecule has 0 aliphatic rings. The topological polar surface area (TPSA) is 107 Å². The maximum absolute atomic E-state index is 9.84. The summed E-state index contributed by atoms with van der Waals surface area (Å²) in [6.07, 6.45) is 1.94. The predicted octanol–water partition coefficient (Wildman–Crippen LogP) is 0.650. The summed E-state index contributed by atoms with van der Waals surface area (Å²) < 4.78 is 4.14. The van der Waals surface area contributed by atoms with Gasteiger partial charge in [-0.05, 0) is 6.92 Å². The lowest BCUT2D eigenvalue weighted by molar-refractivity contribution is -0.135. The molecule has 6 heteroatoms. The number of methoxy groups -OCH3 is 1. The van der Waals surface area contributed by atoms with Crippen LogP contribution in [0.2, 0.25) is 0 Å². The van der Waals surface area contributed by atoms with E-state index in [0.29, 0.717) is 5.57 Å². The number of aliphatic carboxylic acids is 1. The van der Waals surface area contributed by atoms with E-state index in [-0.39, 0.29) is 0 Å². The van der Waals surface area contributed by atoms with Gasteiger partial charge in [-0.3, -0.25) is 4.79 Å². The molecule has 0 aliphatic carbocycles. The Hall–Kier alpha value is -2.37. The molecule has 0 radical (unpaired) electrons. The van der Waals surface area contributed by atoms with E-state index in [1.54, 1.807) is 6.92 Å². The SMILES string of the molecule is C=C(C)C(N)=O.C=CC(=O)O.C=CC(=O)OC. The number of amides is 1. The first-order valence-electron chi connectivity index (χ1n) is 4.23. The molecule has 0 aliphatic heterocycles. The zero-order valence-electron chi connectivity index (χ0n) is 9.93. The fourth-order valence-corrected chi connectivity index (χ4v) is 0.0833. The smallest absolute Gasteiger partial charge is 0.329 e. The summed E-state index contributed by atoms with van der Waals surface area (Å²) >= 11 is 0. The highest BCUT2D eigenvalue weighted by Crippen LogP contribution is 1.78. The molecule has 6 nitrogen and oxygen atoms in total. The van der Waals surface area contributed by atoms with E-state index in [1.807, 2.05) is 0 Å². The number of carboxylic acids is 1. The molecular weight excluding hydrogens is 226 g/mol. The second kappa shape index (κ2) is 13.6. The Morgan fingerprint density at radius 2 is 1.53 bits per heavy atom. The number of esters is 1. The Balaban J connectivity index is -0.000000174. The second-order valence-corrected chi connectivity index (χ2v) is 2.41. The molecule has 0 atom stereocenters. The van der Waals surface area contributed by atoms with Gasteiger partial charge in [-0.15, -0.1) is 0 Å². The van der Waals surface area contributed by atoms with E-state index in [4.69, 9.17) is 10.8 Å². The highest BCUT2D eigenvalue weighted by Gasteiger charge is 1.86. The number of carbonyl (C=O) groups excluding carboxylic acids is 2. The van der Waals surface area contributed by atoms with Crippen LogP contribution in [0.15, 0.2) is 37.5 Å². The van der Waals surface area contributed by atoms with Crippen molar-refractivity contribution in [3.8, 4) is 0 Å². The van der Waals surface area contributed by atoms with Crippen LogP contribution in [-0.4, -0.2) is 30.1 Å². The number of rotatable bonds is 3. The van der Waals surface area contributed by atoms with Crippen molar-refractivity contribution in [3.63, 3.8) is 0 Å².